The van der Waals surface area contributed by atoms with Crippen molar-refractivity contribution in [2.75, 3.05) is 6.54 Å². The summed E-state index contributed by atoms with van der Waals surface area (Å²) in [5, 5.41) is 11.9. The minimum absolute atomic E-state index is 0.136. The molecule has 0 radical (unpaired) electrons. The summed E-state index contributed by atoms with van der Waals surface area (Å²) in [7, 11) is 0. The van der Waals surface area contributed by atoms with Gasteiger partial charge < -0.3 is 10.0 Å². The number of hydrogen-bond donors (Lipinski definition) is 1. The molecule has 116 valence electrons. The number of aromatic nitrogens is 1. The van der Waals surface area contributed by atoms with Gasteiger partial charge in [0.2, 0.25) is 5.91 Å². The van der Waals surface area contributed by atoms with E-state index in [1.54, 1.807) is 0 Å². The van der Waals surface area contributed by atoms with Crippen molar-refractivity contribution in [2.45, 2.75) is 26.3 Å². The molecule has 0 atom stereocenters. The molecule has 1 amide bonds. The number of amides is 1. The number of carboxylic acids is 1. The second-order valence-corrected chi connectivity index (χ2v) is 5.83. The van der Waals surface area contributed by atoms with Gasteiger partial charge in [-0.25, -0.2) is 4.98 Å². The zero-order valence-electron chi connectivity index (χ0n) is 12.4. The second kappa shape index (κ2) is 7.70. The number of carbonyl (C=O) groups excluding carboxylic acids is 1. The van der Waals surface area contributed by atoms with E-state index >= 15 is 0 Å². The van der Waals surface area contributed by atoms with E-state index in [1.807, 2.05) is 42.6 Å². The lowest BCUT2D eigenvalue weighted by molar-refractivity contribution is -0.144. The van der Waals surface area contributed by atoms with Gasteiger partial charge >= 0.3 is 5.97 Å². The molecule has 0 spiro atoms. The first-order valence-electron chi connectivity index (χ1n) is 7.05. The van der Waals surface area contributed by atoms with Crippen LogP contribution in [0.15, 0.2) is 35.7 Å². The van der Waals surface area contributed by atoms with Gasteiger partial charge in [-0.05, 0) is 12.0 Å². The quantitative estimate of drug-likeness (QED) is 0.851. The summed E-state index contributed by atoms with van der Waals surface area (Å²) in [4.78, 5) is 29.1. The van der Waals surface area contributed by atoms with Gasteiger partial charge in [0, 0.05) is 11.9 Å². The van der Waals surface area contributed by atoms with Crippen LogP contribution >= 0.6 is 11.3 Å². The zero-order valence-corrected chi connectivity index (χ0v) is 13.2. The first-order chi connectivity index (χ1) is 10.6. The third-order valence-corrected chi connectivity index (χ3v) is 4.17. The van der Waals surface area contributed by atoms with Crippen LogP contribution in [0.3, 0.4) is 0 Å². The Morgan fingerprint density at radius 2 is 2.00 bits per heavy atom. The lowest BCUT2D eigenvalue weighted by atomic mass is 10.2. The number of thiazole rings is 1. The van der Waals surface area contributed by atoms with Crippen LogP contribution in [-0.2, 0) is 29.0 Å². The number of carboxylic acid groups (broad SMARTS) is 1. The summed E-state index contributed by atoms with van der Waals surface area (Å²) in [6.07, 6.45) is 0.971. The average molecular weight is 318 g/mol. The van der Waals surface area contributed by atoms with Crippen molar-refractivity contribution in [3.8, 4) is 0 Å². The molecule has 0 saturated carbocycles. The van der Waals surface area contributed by atoms with Crippen LogP contribution in [0.25, 0.3) is 0 Å². The fourth-order valence-electron chi connectivity index (χ4n) is 2.06. The van der Waals surface area contributed by atoms with Gasteiger partial charge in [0.25, 0.3) is 0 Å². The molecule has 1 aromatic carbocycles. The van der Waals surface area contributed by atoms with Crippen LogP contribution in [0.2, 0.25) is 0 Å². The standard InChI is InChI=1S/C16H18N2O3S/c1-2-14-17-13(11-22-14)8-15(19)18(10-16(20)21)9-12-6-4-3-5-7-12/h3-7,11H,2,8-10H2,1H3,(H,20,21). The van der Waals surface area contributed by atoms with Crippen LogP contribution in [0, 0.1) is 0 Å². The highest BCUT2D eigenvalue weighted by atomic mass is 32.1. The minimum Gasteiger partial charge on any atom is -0.480 e. The molecule has 6 heteroatoms. The summed E-state index contributed by atoms with van der Waals surface area (Å²) >= 11 is 1.52. The highest BCUT2D eigenvalue weighted by Gasteiger charge is 2.18. The van der Waals surface area contributed by atoms with Crippen molar-refractivity contribution in [3.63, 3.8) is 0 Å². The van der Waals surface area contributed by atoms with E-state index in [-0.39, 0.29) is 25.4 Å². The Morgan fingerprint density at radius 3 is 2.59 bits per heavy atom. The molecular weight excluding hydrogens is 300 g/mol. The predicted molar refractivity (Wildman–Crippen MR) is 84.7 cm³/mol. The monoisotopic (exact) mass is 318 g/mol. The first-order valence-corrected chi connectivity index (χ1v) is 7.93. The van der Waals surface area contributed by atoms with E-state index in [1.165, 1.54) is 16.2 Å². The molecule has 0 bridgehead atoms. The van der Waals surface area contributed by atoms with Crippen molar-refractivity contribution in [1.82, 2.24) is 9.88 Å². The molecule has 0 fully saturated rings. The lowest BCUT2D eigenvalue weighted by Gasteiger charge is -2.20. The van der Waals surface area contributed by atoms with E-state index in [0.29, 0.717) is 5.69 Å². The van der Waals surface area contributed by atoms with Gasteiger partial charge in [0.05, 0.1) is 17.1 Å². The van der Waals surface area contributed by atoms with E-state index in [4.69, 9.17) is 5.11 Å². The van der Waals surface area contributed by atoms with Crippen molar-refractivity contribution < 1.29 is 14.7 Å². The molecular formula is C16H18N2O3S. The summed E-state index contributed by atoms with van der Waals surface area (Å²) in [5.41, 5.74) is 1.61. The number of aryl methyl sites for hydroxylation is 1. The van der Waals surface area contributed by atoms with Crippen LogP contribution in [0.4, 0.5) is 0 Å². The van der Waals surface area contributed by atoms with Gasteiger partial charge in [-0.3, -0.25) is 9.59 Å². The molecule has 1 aromatic heterocycles. The first kappa shape index (κ1) is 16.2. The minimum atomic E-state index is -1.02. The molecule has 0 unspecified atom stereocenters. The lowest BCUT2D eigenvalue weighted by Crippen LogP contribution is -2.36. The molecule has 2 aromatic rings. The maximum Gasteiger partial charge on any atom is 0.323 e. The van der Waals surface area contributed by atoms with Gasteiger partial charge in [0.15, 0.2) is 0 Å². The second-order valence-electron chi connectivity index (χ2n) is 4.89. The number of nitrogens with zero attached hydrogens (tertiary/aromatic N) is 2. The highest BCUT2D eigenvalue weighted by Crippen LogP contribution is 2.13. The summed E-state index contributed by atoms with van der Waals surface area (Å²) < 4.78 is 0. The van der Waals surface area contributed by atoms with E-state index in [9.17, 15) is 9.59 Å². The molecule has 5 nitrogen and oxygen atoms in total. The maximum absolute atomic E-state index is 12.4. The summed E-state index contributed by atoms with van der Waals surface area (Å²) in [6, 6.07) is 9.37. The van der Waals surface area contributed by atoms with Crippen LogP contribution in [-0.4, -0.2) is 33.4 Å². The largest absolute Gasteiger partial charge is 0.480 e. The Balaban J connectivity index is 2.06. The van der Waals surface area contributed by atoms with Gasteiger partial charge in [-0.15, -0.1) is 11.3 Å². The molecule has 1 N–H and O–H groups in total. The molecule has 2 rings (SSSR count). The molecule has 0 aliphatic rings. The molecule has 0 aliphatic carbocycles. The van der Waals surface area contributed by atoms with Crippen molar-refractivity contribution in [1.29, 1.82) is 0 Å². The fourth-order valence-corrected chi connectivity index (χ4v) is 2.80. The number of aliphatic carboxylic acids is 1. The normalized spacial score (nSPS) is 10.4. The Bertz CT molecular complexity index is 640. The van der Waals surface area contributed by atoms with E-state index in [2.05, 4.69) is 4.98 Å². The zero-order chi connectivity index (χ0) is 15.9. The van der Waals surface area contributed by atoms with Gasteiger partial charge in [-0.2, -0.15) is 0 Å². The Labute approximate surface area is 133 Å². The Hall–Kier alpha value is -2.21. The third-order valence-electron chi connectivity index (χ3n) is 3.13. The van der Waals surface area contributed by atoms with Gasteiger partial charge in [-0.1, -0.05) is 37.3 Å². The molecule has 0 aliphatic heterocycles. The molecule has 22 heavy (non-hydrogen) atoms. The van der Waals surface area contributed by atoms with Crippen molar-refractivity contribution in [3.05, 3.63) is 52.0 Å². The maximum atomic E-state index is 12.4. The summed E-state index contributed by atoms with van der Waals surface area (Å²) in [5.74, 6) is -1.24. The average Bonchev–Trinajstić information content (AvgIpc) is 2.95. The Kier molecular flexibility index (Phi) is 5.66. The Morgan fingerprint density at radius 1 is 1.27 bits per heavy atom. The highest BCUT2D eigenvalue weighted by molar-refractivity contribution is 7.09. The smallest absolute Gasteiger partial charge is 0.323 e. The fraction of sp³-hybridized carbons (Fsp3) is 0.312. The third kappa shape index (κ3) is 4.66. The topological polar surface area (TPSA) is 70.5 Å². The van der Waals surface area contributed by atoms with Crippen LogP contribution in [0.5, 0.6) is 0 Å². The van der Waals surface area contributed by atoms with E-state index < -0.39 is 5.97 Å². The van der Waals surface area contributed by atoms with Crippen LogP contribution in [0.1, 0.15) is 23.2 Å². The number of carbonyl (C=O) groups is 2. The molecule has 0 saturated heterocycles. The SMILES string of the molecule is CCc1nc(CC(=O)N(CC(=O)O)Cc2ccccc2)cs1. The predicted octanol–water partition coefficient (Wildman–Crippen LogP) is 2.36. The summed E-state index contributed by atoms with van der Waals surface area (Å²) in [6.45, 7) is 1.99. The van der Waals surface area contributed by atoms with E-state index in [0.717, 1.165) is 17.0 Å². The van der Waals surface area contributed by atoms with Crippen molar-refractivity contribution >= 4 is 23.2 Å². The number of benzene rings is 1. The van der Waals surface area contributed by atoms with Crippen molar-refractivity contribution in [2.24, 2.45) is 0 Å². The van der Waals surface area contributed by atoms with Gasteiger partial charge in [0.1, 0.15) is 6.54 Å². The number of rotatable bonds is 7. The number of hydrogen-bond acceptors (Lipinski definition) is 4. The van der Waals surface area contributed by atoms with Crippen LogP contribution < -0.4 is 0 Å². The molecule has 1 heterocycles.